The van der Waals surface area contributed by atoms with E-state index in [2.05, 4.69) is 20.6 Å². The minimum atomic E-state index is -3.31. The van der Waals surface area contributed by atoms with Gasteiger partial charge in [0.25, 0.3) is 0 Å². The Morgan fingerprint density at radius 3 is 2.81 bits per heavy atom. The van der Waals surface area contributed by atoms with E-state index in [1.165, 1.54) is 0 Å². The first-order chi connectivity index (χ1) is 10.1. The zero-order valence-corrected chi connectivity index (χ0v) is 12.3. The molecule has 0 bridgehead atoms. The van der Waals surface area contributed by atoms with Gasteiger partial charge >= 0.3 is 0 Å². The maximum Gasteiger partial charge on any atom is 0.218 e. The van der Waals surface area contributed by atoms with Crippen LogP contribution in [-0.2, 0) is 15.8 Å². The molecule has 1 aliphatic heterocycles. The molecule has 2 aromatic rings. The molecule has 8 heteroatoms. The van der Waals surface area contributed by atoms with Crippen molar-refractivity contribution >= 4 is 10.0 Å². The van der Waals surface area contributed by atoms with E-state index in [0.29, 0.717) is 18.9 Å². The second-order valence-electron chi connectivity index (χ2n) is 5.21. The molecule has 1 aliphatic rings. The van der Waals surface area contributed by atoms with Crippen LogP contribution in [0.25, 0.3) is 0 Å². The first-order valence-corrected chi connectivity index (χ1v) is 8.51. The van der Waals surface area contributed by atoms with Crippen LogP contribution >= 0.6 is 0 Å². The smallest absolute Gasteiger partial charge is 0.212 e. The van der Waals surface area contributed by atoms with Crippen LogP contribution in [0.4, 0.5) is 0 Å². The van der Waals surface area contributed by atoms with Crippen LogP contribution < -0.4 is 0 Å². The molecule has 3 rings (SSSR count). The zero-order chi connectivity index (χ0) is 14.7. The summed E-state index contributed by atoms with van der Waals surface area (Å²) >= 11 is 0. The maximum absolute atomic E-state index is 12.5. The summed E-state index contributed by atoms with van der Waals surface area (Å²) < 4.78 is 26.6. The van der Waals surface area contributed by atoms with E-state index in [4.69, 9.17) is 0 Å². The largest absolute Gasteiger partial charge is 0.218 e. The van der Waals surface area contributed by atoms with Crippen molar-refractivity contribution < 1.29 is 8.42 Å². The van der Waals surface area contributed by atoms with Gasteiger partial charge in [-0.15, -0.1) is 10.2 Å². The highest BCUT2D eigenvalue weighted by atomic mass is 32.2. The van der Waals surface area contributed by atoms with E-state index in [0.717, 1.165) is 18.4 Å². The van der Waals surface area contributed by atoms with Gasteiger partial charge in [0.05, 0.1) is 5.75 Å². The Kier molecular flexibility index (Phi) is 3.98. The van der Waals surface area contributed by atoms with Gasteiger partial charge in [-0.1, -0.05) is 35.5 Å². The molecule has 7 nitrogen and oxygen atoms in total. The second-order valence-corrected chi connectivity index (χ2v) is 7.18. The number of rotatable bonds is 4. The van der Waals surface area contributed by atoms with Crippen molar-refractivity contribution in [3.63, 3.8) is 0 Å². The van der Waals surface area contributed by atoms with E-state index in [1.807, 2.05) is 30.3 Å². The lowest BCUT2D eigenvalue weighted by molar-refractivity contribution is 0.309. The number of hydrogen-bond donors (Lipinski definition) is 1. The summed E-state index contributed by atoms with van der Waals surface area (Å²) in [5.41, 5.74) is 0.805. The molecule has 1 fully saturated rings. The molecule has 112 valence electrons. The van der Waals surface area contributed by atoms with Gasteiger partial charge in [0.15, 0.2) is 5.82 Å². The molecule has 0 spiro atoms. The Labute approximate surface area is 123 Å². The van der Waals surface area contributed by atoms with Gasteiger partial charge in [-0.2, -0.15) is 5.21 Å². The third-order valence-corrected chi connectivity index (χ3v) is 5.51. The molecule has 2 heterocycles. The lowest BCUT2D eigenvalue weighted by Gasteiger charge is -2.30. The minimum absolute atomic E-state index is 0.0167. The summed E-state index contributed by atoms with van der Waals surface area (Å²) in [7, 11) is -3.31. The molecule has 0 saturated carbocycles. The van der Waals surface area contributed by atoms with Crippen LogP contribution in [0.5, 0.6) is 0 Å². The number of piperidine rings is 1. The monoisotopic (exact) mass is 307 g/mol. The Bertz CT molecular complexity index is 672. The number of tetrazole rings is 1. The van der Waals surface area contributed by atoms with Gasteiger partial charge in [-0.25, -0.2) is 12.7 Å². The topological polar surface area (TPSA) is 91.8 Å². The van der Waals surface area contributed by atoms with Gasteiger partial charge in [0.1, 0.15) is 0 Å². The normalized spacial score (nSPS) is 20.5. The van der Waals surface area contributed by atoms with Crippen LogP contribution in [0, 0.1) is 0 Å². The van der Waals surface area contributed by atoms with Gasteiger partial charge < -0.3 is 0 Å². The molecule has 0 radical (unpaired) electrons. The Morgan fingerprint density at radius 2 is 2.10 bits per heavy atom. The average molecular weight is 307 g/mol. The van der Waals surface area contributed by atoms with Crippen LogP contribution in [0.1, 0.15) is 30.1 Å². The highest BCUT2D eigenvalue weighted by Crippen LogP contribution is 2.26. The fraction of sp³-hybridized carbons (Fsp3) is 0.462. The fourth-order valence-electron chi connectivity index (χ4n) is 2.62. The molecule has 1 aromatic heterocycles. The molecule has 1 unspecified atom stereocenters. The predicted octanol–water partition coefficient (Wildman–Crippen LogP) is 0.909. The first kappa shape index (κ1) is 14.2. The third kappa shape index (κ3) is 3.27. The third-order valence-electron chi connectivity index (χ3n) is 3.70. The molecule has 1 saturated heterocycles. The number of aromatic nitrogens is 4. The minimum Gasteiger partial charge on any atom is -0.212 e. The number of nitrogens with zero attached hydrogens (tertiary/aromatic N) is 4. The van der Waals surface area contributed by atoms with Crippen LogP contribution in [0.15, 0.2) is 30.3 Å². The molecule has 21 heavy (non-hydrogen) atoms. The molecular formula is C13H17N5O2S. The fourth-order valence-corrected chi connectivity index (χ4v) is 4.24. The number of nitrogens with one attached hydrogen (secondary N) is 1. The van der Waals surface area contributed by atoms with Gasteiger partial charge in [-0.3, -0.25) is 0 Å². The summed E-state index contributed by atoms with van der Waals surface area (Å²) in [6, 6.07) is 9.24. The molecule has 1 atom stereocenters. The molecule has 0 aliphatic carbocycles. The highest BCUT2D eigenvalue weighted by Gasteiger charge is 2.31. The van der Waals surface area contributed by atoms with Crippen molar-refractivity contribution in [1.82, 2.24) is 24.9 Å². The highest BCUT2D eigenvalue weighted by molar-refractivity contribution is 7.88. The number of aromatic amines is 1. The average Bonchev–Trinajstić information content (AvgIpc) is 3.02. The summed E-state index contributed by atoms with van der Waals surface area (Å²) in [5, 5.41) is 13.9. The number of benzene rings is 1. The summed E-state index contributed by atoms with van der Waals surface area (Å²) in [5.74, 6) is 0.643. The number of hydrogen-bond acceptors (Lipinski definition) is 5. The molecule has 1 N–H and O–H groups in total. The quantitative estimate of drug-likeness (QED) is 0.906. The van der Waals surface area contributed by atoms with Crippen molar-refractivity contribution in [3.05, 3.63) is 41.7 Å². The SMILES string of the molecule is O=S(=O)(Cc1ccccc1)N1CCCC(c2nn[nH]n2)C1. The van der Waals surface area contributed by atoms with E-state index < -0.39 is 10.0 Å². The van der Waals surface area contributed by atoms with E-state index in [1.54, 1.807) is 4.31 Å². The lowest BCUT2D eigenvalue weighted by Crippen LogP contribution is -2.40. The van der Waals surface area contributed by atoms with Crippen molar-refractivity contribution in [1.29, 1.82) is 0 Å². The van der Waals surface area contributed by atoms with Crippen molar-refractivity contribution in [2.45, 2.75) is 24.5 Å². The van der Waals surface area contributed by atoms with E-state index in [-0.39, 0.29) is 11.7 Å². The Balaban J connectivity index is 1.73. The van der Waals surface area contributed by atoms with Crippen molar-refractivity contribution in [3.8, 4) is 0 Å². The number of H-pyrrole nitrogens is 1. The van der Waals surface area contributed by atoms with E-state index in [9.17, 15) is 8.42 Å². The van der Waals surface area contributed by atoms with Crippen molar-refractivity contribution in [2.24, 2.45) is 0 Å². The zero-order valence-electron chi connectivity index (χ0n) is 11.5. The summed E-state index contributed by atoms with van der Waals surface area (Å²) in [6.45, 7) is 0.984. The molecular weight excluding hydrogens is 290 g/mol. The Hall–Kier alpha value is -1.80. The Morgan fingerprint density at radius 1 is 1.29 bits per heavy atom. The van der Waals surface area contributed by atoms with Gasteiger partial charge in [-0.05, 0) is 18.4 Å². The van der Waals surface area contributed by atoms with Gasteiger partial charge in [0, 0.05) is 19.0 Å². The molecule has 0 amide bonds. The van der Waals surface area contributed by atoms with Crippen LogP contribution in [0.3, 0.4) is 0 Å². The summed E-state index contributed by atoms with van der Waals surface area (Å²) in [6.07, 6.45) is 1.70. The predicted molar refractivity (Wildman–Crippen MR) is 76.8 cm³/mol. The second kappa shape index (κ2) is 5.90. The maximum atomic E-state index is 12.5. The van der Waals surface area contributed by atoms with Crippen LogP contribution in [0.2, 0.25) is 0 Å². The summed E-state index contributed by atoms with van der Waals surface area (Å²) in [4.78, 5) is 0. The van der Waals surface area contributed by atoms with Gasteiger partial charge in [0.2, 0.25) is 10.0 Å². The van der Waals surface area contributed by atoms with E-state index >= 15 is 0 Å². The molecule has 1 aromatic carbocycles. The standard InChI is InChI=1S/C13H17N5O2S/c19-21(20,10-11-5-2-1-3-6-11)18-8-4-7-12(9-18)13-14-16-17-15-13/h1-3,5-6,12H,4,7-10H2,(H,14,15,16,17). The van der Waals surface area contributed by atoms with Crippen molar-refractivity contribution in [2.75, 3.05) is 13.1 Å². The van der Waals surface area contributed by atoms with Crippen LogP contribution in [-0.4, -0.2) is 46.4 Å². The number of sulfonamides is 1. The lowest BCUT2D eigenvalue weighted by atomic mass is 9.99. The first-order valence-electron chi connectivity index (χ1n) is 6.90.